The van der Waals surface area contributed by atoms with Crippen molar-refractivity contribution in [3.05, 3.63) is 188 Å². The summed E-state index contributed by atoms with van der Waals surface area (Å²) in [6, 6.07) is 65.5. The van der Waals surface area contributed by atoms with Gasteiger partial charge in [0, 0.05) is 49.0 Å². The predicted molar refractivity (Wildman–Crippen MR) is 227 cm³/mol. The fourth-order valence-electron chi connectivity index (χ4n) is 7.97. The van der Waals surface area contributed by atoms with Gasteiger partial charge < -0.3 is 4.42 Å². The summed E-state index contributed by atoms with van der Waals surface area (Å²) in [4.78, 5) is 15.4. The molecule has 3 aromatic heterocycles. The highest BCUT2D eigenvalue weighted by atomic mass is 16.3. The maximum Gasteiger partial charge on any atom is 0.160 e. The maximum absolute atomic E-state index is 6.55. The van der Waals surface area contributed by atoms with Crippen LogP contribution in [0, 0.1) is 0 Å². The molecule has 11 aromatic rings. The molecule has 0 unspecified atom stereocenters. The number of aromatic nitrogens is 3. The molecular formula is C51H31N3O. The molecular weight excluding hydrogens is 671 g/mol. The molecule has 0 atom stereocenters. The average Bonchev–Trinajstić information content (AvgIpc) is 3.65. The zero-order valence-corrected chi connectivity index (χ0v) is 29.6. The van der Waals surface area contributed by atoms with Crippen molar-refractivity contribution in [3.63, 3.8) is 0 Å². The van der Waals surface area contributed by atoms with Crippen LogP contribution < -0.4 is 0 Å². The molecule has 0 spiro atoms. The van der Waals surface area contributed by atoms with E-state index in [1.165, 1.54) is 5.56 Å². The molecule has 0 aliphatic heterocycles. The van der Waals surface area contributed by atoms with Crippen molar-refractivity contribution in [2.24, 2.45) is 0 Å². The average molecular weight is 702 g/mol. The van der Waals surface area contributed by atoms with Crippen molar-refractivity contribution in [2.75, 3.05) is 0 Å². The monoisotopic (exact) mass is 701 g/mol. The van der Waals surface area contributed by atoms with Gasteiger partial charge in [0.2, 0.25) is 0 Å². The summed E-state index contributed by atoms with van der Waals surface area (Å²) in [5.41, 5.74) is 13.2. The molecule has 8 aromatic carbocycles. The number of pyridine rings is 1. The molecule has 0 saturated heterocycles. The van der Waals surface area contributed by atoms with Crippen LogP contribution in [0.4, 0.5) is 0 Å². The topological polar surface area (TPSA) is 51.8 Å². The number of para-hydroxylation sites is 3. The molecule has 0 aliphatic rings. The highest BCUT2D eigenvalue weighted by Crippen LogP contribution is 2.41. The lowest BCUT2D eigenvalue weighted by molar-refractivity contribution is 0.673. The van der Waals surface area contributed by atoms with Gasteiger partial charge in [-0.3, -0.25) is 0 Å². The Morgan fingerprint density at radius 1 is 0.309 bits per heavy atom. The van der Waals surface area contributed by atoms with Crippen LogP contribution in [0.1, 0.15) is 0 Å². The van der Waals surface area contributed by atoms with E-state index in [-0.39, 0.29) is 0 Å². The summed E-state index contributed by atoms with van der Waals surface area (Å²) >= 11 is 0. The van der Waals surface area contributed by atoms with Crippen molar-refractivity contribution in [1.82, 2.24) is 15.0 Å². The van der Waals surface area contributed by atoms with E-state index >= 15 is 0 Å². The Labute approximate surface area is 317 Å². The van der Waals surface area contributed by atoms with Gasteiger partial charge in [0.15, 0.2) is 5.82 Å². The summed E-state index contributed by atoms with van der Waals surface area (Å²) in [7, 11) is 0. The zero-order valence-electron chi connectivity index (χ0n) is 29.6. The summed E-state index contributed by atoms with van der Waals surface area (Å²) in [6.07, 6.45) is 0. The molecule has 4 nitrogen and oxygen atoms in total. The molecule has 0 radical (unpaired) electrons. The van der Waals surface area contributed by atoms with Gasteiger partial charge in [0.25, 0.3) is 0 Å². The largest absolute Gasteiger partial charge is 0.455 e. The van der Waals surface area contributed by atoms with Crippen molar-refractivity contribution >= 4 is 54.5 Å². The molecule has 55 heavy (non-hydrogen) atoms. The SMILES string of the molecule is c1ccc(-c2ccc(-c3nc(-c4ccc(-c5cccc(-c6nc7ccccc7c7c6ccc6c8ccccc8oc67)c5)cc4)c4ccccc4n3)cc2)cc1. The lowest BCUT2D eigenvalue weighted by Gasteiger charge is -2.12. The first-order chi connectivity index (χ1) is 27.2. The third-order valence-electron chi connectivity index (χ3n) is 10.7. The fraction of sp³-hybridized carbons (Fsp3) is 0. The molecule has 256 valence electrons. The highest BCUT2D eigenvalue weighted by Gasteiger charge is 2.18. The number of hydrogen-bond acceptors (Lipinski definition) is 4. The van der Waals surface area contributed by atoms with E-state index in [1.807, 2.05) is 36.4 Å². The first-order valence-electron chi connectivity index (χ1n) is 18.5. The summed E-state index contributed by atoms with van der Waals surface area (Å²) in [5, 5.41) is 6.50. The molecule has 3 heterocycles. The number of benzene rings is 8. The lowest BCUT2D eigenvalue weighted by atomic mass is 9.95. The van der Waals surface area contributed by atoms with Crippen LogP contribution in [0.3, 0.4) is 0 Å². The minimum absolute atomic E-state index is 0.708. The smallest absolute Gasteiger partial charge is 0.160 e. The Hall–Kier alpha value is -7.43. The van der Waals surface area contributed by atoms with Gasteiger partial charge in [-0.1, -0.05) is 158 Å². The summed E-state index contributed by atoms with van der Waals surface area (Å²) in [5.74, 6) is 0.708. The van der Waals surface area contributed by atoms with Crippen molar-refractivity contribution in [1.29, 1.82) is 0 Å². The Bertz CT molecular complexity index is 3240. The van der Waals surface area contributed by atoms with Gasteiger partial charge >= 0.3 is 0 Å². The van der Waals surface area contributed by atoms with Gasteiger partial charge in [0.1, 0.15) is 11.2 Å². The Morgan fingerprint density at radius 3 is 1.65 bits per heavy atom. The first-order valence-corrected chi connectivity index (χ1v) is 18.5. The second-order valence-electron chi connectivity index (χ2n) is 14.0. The quantitative estimate of drug-likeness (QED) is 0.168. The number of furan rings is 1. The van der Waals surface area contributed by atoms with Gasteiger partial charge in [-0.25, -0.2) is 15.0 Å². The van der Waals surface area contributed by atoms with Crippen molar-refractivity contribution in [3.8, 4) is 56.2 Å². The van der Waals surface area contributed by atoms with Gasteiger partial charge in [-0.15, -0.1) is 0 Å². The first kappa shape index (κ1) is 31.1. The summed E-state index contributed by atoms with van der Waals surface area (Å²) in [6.45, 7) is 0. The molecule has 11 rings (SSSR count). The van der Waals surface area contributed by atoms with Crippen LogP contribution in [0.25, 0.3) is 111 Å². The second-order valence-corrected chi connectivity index (χ2v) is 14.0. The van der Waals surface area contributed by atoms with E-state index in [4.69, 9.17) is 19.4 Å². The van der Waals surface area contributed by atoms with Crippen LogP contribution in [0.15, 0.2) is 192 Å². The molecule has 0 N–H and O–H groups in total. The number of hydrogen-bond donors (Lipinski definition) is 0. The highest BCUT2D eigenvalue weighted by molar-refractivity contribution is 6.24. The Morgan fingerprint density at radius 2 is 0.855 bits per heavy atom. The van der Waals surface area contributed by atoms with E-state index in [0.717, 1.165) is 99.3 Å². The van der Waals surface area contributed by atoms with Crippen LogP contribution in [-0.4, -0.2) is 15.0 Å². The van der Waals surface area contributed by atoms with Gasteiger partial charge in [0.05, 0.1) is 22.4 Å². The number of nitrogens with zero attached hydrogens (tertiary/aromatic N) is 3. The lowest BCUT2D eigenvalue weighted by Crippen LogP contribution is -1.95. The Balaban J connectivity index is 0.986. The predicted octanol–water partition coefficient (Wildman–Crippen LogP) is 13.6. The minimum Gasteiger partial charge on any atom is -0.455 e. The van der Waals surface area contributed by atoms with Crippen molar-refractivity contribution < 1.29 is 4.42 Å². The van der Waals surface area contributed by atoms with E-state index in [9.17, 15) is 0 Å². The van der Waals surface area contributed by atoms with Crippen LogP contribution in [-0.2, 0) is 0 Å². The molecule has 0 saturated carbocycles. The molecule has 0 bridgehead atoms. The Kier molecular flexibility index (Phi) is 7.14. The van der Waals surface area contributed by atoms with Crippen LogP contribution in [0.5, 0.6) is 0 Å². The van der Waals surface area contributed by atoms with E-state index < -0.39 is 0 Å². The van der Waals surface area contributed by atoms with Gasteiger partial charge in [-0.2, -0.15) is 0 Å². The van der Waals surface area contributed by atoms with Crippen molar-refractivity contribution in [2.45, 2.75) is 0 Å². The normalized spacial score (nSPS) is 11.6. The summed E-state index contributed by atoms with van der Waals surface area (Å²) < 4.78 is 6.55. The van der Waals surface area contributed by atoms with Crippen LogP contribution in [0.2, 0.25) is 0 Å². The zero-order chi connectivity index (χ0) is 36.3. The third-order valence-corrected chi connectivity index (χ3v) is 10.7. The number of fused-ring (bicyclic) bond motifs is 8. The second kappa shape index (κ2) is 12.6. The molecule has 4 heteroatoms. The van der Waals surface area contributed by atoms with E-state index in [0.29, 0.717) is 5.82 Å². The number of rotatable bonds is 5. The van der Waals surface area contributed by atoms with Gasteiger partial charge in [-0.05, 0) is 52.6 Å². The standard InChI is InChI=1S/C51H31N3O/c1-2-11-32(12-3-1)33-23-27-36(28-24-33)51-53-45-19-8-5-17-42(45)48(54-51)35-25-21-34(22-26-35)37-13-10-14-38(31-37)49-43-30-29-40-39-15-6-9-20-46(39)55-50(40)47(43)41-16-4-7-18-44(41)52-49/h1-31H. The maximum atomic E-state index is 6.55. The fourth-order valence-corrected chi connectivity index (χ4v) is 7.97. The molecule has 0 fully saturated rings. The molecule has 0 aliphatic carbocycles. The minimum atomic E-state index is 0.708. The van der Waals surface area contributed by atoms with Crippen LogP contribution >= 0.6 is 0 Å². The van der Waals surface area contributed by atoms with E-state index in [2.05, 4.69) is 152 Å². The molecule has 0 amide bonds. The van der Waals surface area contributed by atoms with E-state index in [1.54, 1.807) is 0 Å². The third kappa shape index (κ3) is 5.26.